The van der Waals surface area contributed by atoms with Crippen LogP contribution in [0.15, 0.2) is 18.3 Å². The molecule has 4 heterocycles. The van der Waals surface area contributed by atoms with Gasteiger partial charge in [0.1, 0.15) is 22.7 Å². The van der Waals surface area contributed by atoms with Gasteiger partial charge in [0.2, 0.25) is 11.8 Å². The Morgan fingerprint density at radius 2 is 1.95 bits per heavy atom. The Kier molecular flexibility index (Phi) is 7.07. The standard InChI is InChI=1S/C27H33ClN6O5/c28-23-21-17(30-26(38)27(21)7-12-39-13-8-27)14-19(31-23)32-25(37)22(20(15-2-3-15)16-4-5-16)33-24(36)18-6-9-29-34(18)10-1-11-35/h6,9,14-16,20,22,35H,1-5,7-8,10-13H2,(H,30,38)(H,33,36)(H,31,32,37)/t22-/m0/s1. The molecule has 0 radical (unpaired) electrons. The van der Waals surface area contributed by atoms with Gasteiger partial charge in [-0.05, 0) is 68.8 Å². The van der Waals surface area contributed by atoms with Crippen molar-refractivity contribution in [2.45, 2.75) is 62.9 Å². The van der Waals surface area contributed by atoms with Crippen molar-refractivity contribution in [3.63, 3.8) is 0 Å². The summed E-state index contributed by atoms with van der Waals surface area (Å²) in [6.45, 7) is 1.31. The number of amides is 3. The van der Waals surface area contributed by atoms with E-state index < -0.39 is 11.5 Å². The lowest BCUT2D eigenvalue weighted by molar-refractivity contribution is -0.124. The Bertz CT molecular complexity index is 1270. The topological polar surface area (TPSA) is 147 Å². The smallest absolute Gasteiger partial charge is 0.270 e. The molecule has 12 heteroatoms. The third-order valence-corrected chi connectivity index (χ3v) is 8.77. The third-order valence-electron chi connectivity index (χ3n) is 8.50. The maximum absolute atomic E-state index is 13.8. The van der Waals surface area contributed by atoms with Crippen LogP contribution in [-0.4, -0.2) is 63.5 Å². The third kappa shape index (κ3) is 5.03. The minimum atomic E-state index is -0.765. The van der Waals surface area contributed by atoms with Crippen LogP contribution in [0.4, 0.5) is 11.5 Å². The maximum atomic E-state index is 13.8. The number of aryl methyl sites for hydroxylation is 1. The lowest BCUT2D eigenvalue weighted by atomic mass is 9.76. The maximum Gasteiger partial charge on any atom is 0.270 e. The van der Waals surface area contributed by atoms with Gasteiger partial charge in [0.05, 0.1) is 11.1 Å². The Morgan fingerprint density at radius 1 is 1.23 bits per heavy atom. The fourth-order valence-electron chi connectivity index (χ4n) is 6.26. The Hall–Kier alpha value is -3.02. The van der Waals surface area contributed by atoms with E-state index in [4.69, 9.17) is 16.3 Å². The molecule has 39 heavy (non-hydrogen) atoms. The first-order valence-electron chi connectivity index (χ1n) is 13.8. The van der Waals surface area contributed by atoms with E-state index in [-0.39, 0.29) is 41.2 Å². The molecular weight excluding hydrogens is 524 g/mol. The highest BCUT2D eigenvalue weighted by Crippen LogP contribution is 2.51. The summed E-state index contributed by atoms with van der Waals surface area (Å²) < 4.78 is 7.01. The van der Waals surface area contributed by atoms with Crippen molar-refractivity contribution < 1.29 is 24.2 Å². The first-order chi connectivity index (χ1) is 18.9. The second-order valence-corrected chi connectivity index (χ2v) is 11.4. The van der Waals surface area contributed by atoms with Gasteiger partial charge in [0, 0.05) is 44.2 Å². The minimum Gasteiger partial charge on any atom is -0.396 e. The Balaban J connectivity index is 1.25. The molecule has 3 amide bonds. The molecule has 4 N–H and O–H groups in total. The van der Waals surface area contributed by atoms with E-state index in [1.807, 2.05) is 0 Å². The second kappa shape index (κ2) is 10.5. The highest BCUT2D eigenvalue weighted by Gasteiger charge is 2.51. The van der Waals surface area contributed by atoms with Crippen molar-refractivity contribution in [3.8, 4) is 0 Å². The van der Waals surface area contributed by atoms with E-state index in [9.17, 15) is 19.5 Å². The van der Waals surface area contributed by atoms with Crippen LogP contribution in [0.1, 0.15) is 61.0 Å². The number of hydrogen-bond acceptors (Lipinski definition) is 7. The van der Waals surface area contributed by atoms with Gasteiger partial charge in [-0.2, -0.15) is 5.10 Å². The van der Waals surface area contributed by atoms with Crippen LogP contribution in [0.5, 0.6) is 0 Å². The fraction of sp³-hybridized carbons (Fsp3) is 0.593. The molecule has 6 rings (SSSR count). The lowest BCUT2D eigenvalue weighted by Crippen LogP contribution is -2.50. The Labute approximate surface area is 231 Å². The average Bonchev–Trinajstić information content (AvgIpc) is 3.85. The summed E-state index contributed by atoms with van der Waals surface area (Å²) in [5, 5.41) is 22.4. The van der Waals surface area contributed by atoms with Crippen LogP contribution in [0.3, 0.4) is 0 Å². The molecule has 1 saturated heterocycles. The summed E-state index contributed by atoms with van der Waals surface area (Å²) in [5.74, 6) is 0.156. The number of fused-ring (bicyclic) bond motifs is 2. The molecule has 4 aliphatic rings. The van der Waals surface area contributed by atoms with Crippen molar-refractivity contribution in [2.75, 3.05) is 30.5 Å². The molecule has 3 fully saturated rings. The second-order valence-electron chi connectivity index (χ2n) is 11.1. The van der Waals surface area contributed by atoms with Crippen molar-refractivity contribution in [3.05, 3.63) is 34.7 Å². The van der Waals surface area contributed by atoms with Gasteiger partial charge >= 0.3 is 0 Å². The molecule has 2 aromatic heterocycles. The number of ether oxygens (including phenoxy) is 1. The number of aliphatic hydroxyl groups excluding tert-OH is 1. The van der Waals surface area contributed by atoms with E-state index in [2.05, 4.69) is 26.0 Å². The number of rotatable bonds is 10. The highest BCUT2D eigenvalue weighted by molar-refractivity contribution is 6.32. The number of halogens is 1. The summed E-state index contributed by atoms with van der Waals surface area (Å²) in [6.07, 6.45) is 7.20. The number of aliphatic hydroxyl groups is 1. The van der Waals surface area contributed by atoms with Gasteiger partial charge in [-0.3, -0.25) is 19.1 Å². The summed E-state index contributed by atoms with van der Waals surface area (Å²) >= 11 is 6.63. The summed E-state index contributed by atoms with van der Waals surface area (Å²) in [7, 11) is 0. The van der Waals surface area contributed by atoms with Gasteiger partial charge in [0.15, 0.2) is 0 Å². The SMILES string of the molecule is O=C(N[C@H](C(=O)Nc1cc2c(c(Cl)n1)C1(CCOCC1)C(=O)N2)C(C1CC1)C1CC1)c1ccnn1CCCO. The van der Waals surface area contributed by atoms with Crippen molar-refractivity contribution >= 4 is 40.8 Å². The minimum absolute atomic E-state index is 0.0108. The first-order valence-corrected chi connectivity index (χ1v) is 14.1. The van der Waals surface area contributed by atoms with Crippen LogP contribution in [0.25, 0.3) is 0 Å². The summed E-state index contributed by atoms with van der Waals surface area (Å²) in [4.78, 5) is 44.6. The first kappa shape index (κ1) is 26.2. The van der Waals surface area contributed by atoms with Crippen molar-refractivity contribution in [2.24, 2.45) is 17.8 Å². The summed E-state index contributed by atoms with van der Waals surface area (Å²) in [5.41, 5.74) is 0.783. The summed E-state index contributed by atoms with van der Waals surface area (Å²) in [6, 6.07) is 2.50. The zero-order chi connectivity index (χ0) is 27.1. The van der Waals surface area contributed by atoms with Gasteiger partial charge in [0.25, 0.3) is 5.91 Å². The fourth-order valence-corrected chi connectivity index (χ4v) is 6.63. The van der Waals surface area contributed by atoms with E-state index in [0.717, 1.165) is 25.7 Å². The lowest BCUT2D eigenvalue weighted by Gasteiger charge is -2.31. The molecule has 0 bridgehead atoms. The molecule has 1 spiro atoms. The number of nitrogens with one attached hydrogen (secondary N) is 3. The van der Waals surface area contributed by atoms with Gasteiger partial charge in [-0.15, -0.1) is 0 Å². The number of anilines is 2. The van der Waals surface area contributed by atoms with Crippen LogP contribution >= 0.6 is 11.6 Å². The van der Waals surface area contributed by atoms with Crippen LogP contribution in [0, 0.1) is 17.8 Å². The molecular formula is C27H33ClN6O5. The zero-order valence-corrected chi connectivity index (χ0v) is 22.4. The number of nitrogens with zero attached hydrogens (tertiary/aromatic N) is 3. The predicted molar refractivity (Wildman–Crippen MR) is 142 cm³/mol. The van der Waals surface area contributed by atoms with E-state index in [1.54, 1.807) is 16.8 Å². The number of pyridine rings is 1. The molecule has 0 aromatic carbocycles. The molecule has 1 atom stereocenters. The Morgan fingerprint density at radius 3 is 2.62 bits per heavy atom. The van der Waals surface area contributed by atoms with Crippen molar-refractivity contribution in [1.82, 2.24) is 20.1 Å². The number of carbonyl (C=O) groups excluding carboxylic acids is 3. The van der Waals surface area contributed by atoms with Crippen LogP contribution in [0.2, 0.25) is 5.15 Å². The van der Waals surface area contributed by atoms with E-state index >= 15 is 0 Å². The zero-order valence-electron chi connectivity index (χ0n) is 21.6. The van der Waals surface area contributed by atoms with Crippen molar-refractivity contribution in [1.29, 1.82) is 0 Å². The number of carbonyl (C=O) groups is 3. The molecule has 0 unspecified atom stereocenters. The average molecular weight is 557 g/mol. The molecule has 2 aliphatic heterocycles. The van der Waals surface area contributed by atoms with Crippen LogP contribution < -0.4 is 16.0 Å². The monoisotopic (exact) mass is 556 g/mol. The van der Waals surface area contributed by atoms with E-state index in [0.29, 0.717) is 67.8 Å². The number of hydrogen-bond donors (Lipinski definition) is 4. The quantitative estimate of drug-likeness (QED) is 0.329. The van der Waals surface area contributed by atoms with Gasteiger partial charge in [-0.1, -0.05) is 11.6 Å². The highest BCUT2D eigenvalue weighted by atomic mass is 35.5. The predicted octanol–water partition coefficient (Wildman–Crippen LogP) is 2.49. The molecule has 2 aliphatic carbocycles. The largest absolute Gasteiger partial charge is 0.396 e. The van der Waals surface area contributed by atoms with Crippen LogP contribution in [-0.2, 0) is 26.3 Å². The number of aromatic nitrogens is 3. The molecule has 11 nitrogen and oxygen atoms in total. The normalized spacial score (nSPS) is 20.5. The van der Waals surface area contributed by atoms with Gasteiger partial charge < -0.3 is 25.8 Å². The van der Waals surface area contributed by atoms with E-state index in [1.165, 1.54) is 6.20 Å². The molecule has 2 saturated carbocycles. The molecule has 2 aromatic rings. The molecule has 208 valence electrons. The van der Waals surface area contributed by atoms with Gasteiger partial charge in [-0.25, -0.2) is 4.98 Å².